The third-order valence-electron chi connectivity index (χ3n) is 2.85. The van der Waals surface area contributed by atoms with E-state index in [0.29, 0.717) is 10.0 Å². The van der Waals surface area contributed by atoms with Gasteiger partial charge in [0, 0.05) is 6.20 Å². The highest BCUT2D eigenvalue weighted by Gasteiger charge is 2.14. The van der Waals surface area contributed by atoms with E-state index in [9.17, 15) is 9.59 Å². The summed E-state index contributed by atoms with van der Waals surface area (Å²) in [5, 5.41) is 3.61. The molecule has 0 aliphatic carbocycles. The van der Waals surface area contributed by atoms with Gasteiger partial charge < -0.3 is 10.3 Å². The summed E-state index contributed by atoms with van der Waals surface area (Å²) in [4.78, 5) is 26.0. The van der Waals surface area contributed by atoms with Gasteiger partial charge in [-0.05, 0) is 36.8 Å². The lowest BCUT2D eigenvalue weighted by Gasteiger charge is -2.14. The van der Waals surface area contributed by atoms with E-state index < -0.39 is 11.5 Å². The second-order valence-corrected chi connectivity index (χ2v) is 5.10. The quantitative estimate of drug-likeness (QED) is 0.914. The number of halogens is 2. The van der Waals surface area contributed by atoms with Gasteiger partial charge in [-0.15, -0.1) is 0 Å². The maximum atomic E-state index is 12.0. The Labute approximate surface area is 125 Å². The minimum atomic E-state index is -0.439. The van der Waals surface area contributed by atoms with Gasteiger partial charge in [-0.1, -0.05) is 29.3 Å². The number of rotatable bonds is 3. The molecule has 1 amide bonds. The van der Waals surface area contributed by atoms with Crippen molar-refractivity contribution in [3.8, 4) is 0 Å². The smallest absolute Gasteiger partial charge is 0.260 e. The molecule has 1 atom stereocenters. The summed E-state index contributed by atoms with van der Waals surface area (Å²) < 4.78 is 0. The number of aromatic nitrogens is 1. The molecule has 0 spiro atoms. The number of nitrogens with one attached hydrogen (secondary N) is 2. The average molecular weight is 311 g/mol. The molecule has 0 radical (unpaired) electrons. The van der Waals surface area contributed by atoms with E-state index in [-0.39, 0.29) is 11.6 Å². The van der Waals surface area contributed by atoms with Crippen molar-refractivity contribution >= 4 is 29.1 Å². The average Bonchev–Trinajstić information content (AvgIpc) is 2.42. The van der Waals surface area contributed by atoms with Crippen LogP contribution in [0.25, 0.3) is 0 Å². The van der Waals surface area contributed by atoms with Crippen LogP contribution in [0, 0.1) is 0 Å². The molecule has 0 saturated carbocycles. The Morgan fingerprint density at radius 3 is 2.65 bits per heavy atom. The van der Waals surface area contributed by atoms with Gasteiger partial charge in [0.05, 0.1) is 16.1 Å². The SMILES string of the molecule is C[C@@H](NC(=O)c1ccc[nH]c1=O)c1ccc(Cl)c(Cl)c1. The van der Waals surface area contributed by atoms with Crippen molar-refractivity contribution in [2.24, 2.45) is 0 Å². The number of hydrogen-bond acceptors (Lipinski definition) is 2. The van der Waals surface area contributed by atoms with E-state index in [4.69, 9.17) is 23.2 Å². The molecular weight excluding hydrogens is 299 g/mol. The molecule has 6 heteroatoms. The van der Waals surface area contributed by atoms with Crippen molar-refractivity contribution in [1.82, 2.24) is 10.3 Å². The number of H-pyrrole nitrogens is 1. The predicted octanol–water partition coefficient (Wildman–Crippen LogP) is 3.17. The van der Waals surface area contributed by atoms with Gasteiger partial charge >= 0.3 is 0 Å². The van der Waals surface area contributed by atoms with Crippen molar-refractivity contribution in [2.45, 2.75) is 13.0 Å². The van der Waals surface area contributed by atoms with Crippen LogP contribution in [-0.4, -0.2) is 10.9 Å². The summed E-state index contributed by atoms with van der Waals surface area (Å²) >= 11 is 11.8. The van der Waals surface area contributed by atoms with Crippen molar-refractivity contribution in [2.75, 3.05) is 0 Å². The first kappa shape index (κ1) is 14.6. The topological polar surface area (TPSA) is 62.0 Å². The van der Waals surface area contributed by atoms with Crippen LogP contribution in [0.4, 0.5) is 0 Å². The highest BCUT2D eigenvalue weighted by molar-refractivity contribution is 6.42. The maximum Gasteiger partial charge on any atom is 0.260 e. The molecule has 0 aliphatic rings. The van der Waals surface area contributed by atoms with E-state index in [1.165, 1.54) is 12.3 Å². The standard InChI is InChI=1S/C14H12Cl2N2O2/c1-8(9-4-5-11(15)12(16)7-9)18-14(20)10-3-2-6-17-13(10)19/h2-8H,1H3,(H,17,19)(H,18,20)/t8-/m1/s1. The lowest BCUT2D eigenvalue weighted by Crippen LogP contribution is -2.31. The zero-order chi connectivity index (χ0) is 14.7. The van der Waals surface area contributed by atoms with E-state index in [2.05, 4.69) is 10.3 Å². The summed E-state index contributed by atoms with van der Waals surface area (Å²) in [7, 11) is 0. The van der Waals surface area contributed by atoms with Crippen LogP contribution in [0.1, 0.15) is 28.9 Å². The van der Waals surface area contributed by atoms with Crippen LogP contribution in [-0.2, 0) is 0 Å². The molecule has 104 valence electrons. The second kappa shape index (κ2) is 6.11. The van der Waals surface area contributed by atoms with Crippen LogP contribution in [0.15, 0.2) is 41.3 Å². The zero-order valence-electron chi connectivity index (χ0n) is 10.6. The molecule has 2 N–H and O–H groups in total. The first-order chi connectivity index (χ1) is 9.49. The number of aromatic amines is 1. The molecule has 2 rings (SSSR count). The van der Waals surface area contributed by atoms with Crippen LogP contribution in [0.5, 0.6) is 0 Å². The Hall–Kier alpha value is -1.78. The molecule has 1 aromatic heterocycles. The van der Waals surface area contributed by atoms with Gasteiger partial charge in [-0.2, -0.15) is 0 Å². The van der Waals surface area contributed by atoms with Gasteiger partial charge in [0.2, 0.25) is 0 Å². The van der Waals surface area contributed by atoms with Crippen molar-refractivity contribution in [1.29, 1.82) is 0 Å². The lowest BCUT2D eigenvalue weighted by atomic mass is 10.1. The summed E-state index contributed by atoms with van der Waals surface area (Å²) in [6, 6.07) is 7.89. The van der Waals surface area contributed by atoms with Gasteiger partial charge in [-0.3, -0.25) is 9.59 Å². The number of carbonyl (C=O) groups is 1. The molecule has 0 aliphatic heterocycles. The number of carbonyl (C=O) groups excluding carboxylic acids is 1. The molecule has 4 nitrogen and oxygen atoms in total. The minimum Gasteiger partial charge on any atom is -0.345 e. The normalized spacial score (nSPS) is 11.9. The molecule has 0 unspecified atom stereocenters. The fourth-order valence-corrected chi connectivity index (χ4v) is 2.05. The third kappa shape index (κ3) is 3.21. The molecule has 0 bridgehead atoms. The van der Waals surface area contributed by atoms with E-state index >= 15 is 0 Å². The molecule has 1 aromatic carbocycles. The first-order valence-electron chi connectivity index (χ1n) is 5.92. The summed E-state index contributed by atoms with van der Waals surface area (Å²) in [5.41, 5.74) is 0.450. The second-order valence-electron chi connectivity index (χ2n) is 4.28. The van der Waals surface area contributed by atoms with Crippen LogP contribution >= 0.6 is 23.2 Å². The zero-order valence-corrected chi connectivity index (χ0v) is 12.1. The third-order valence-corrected chi connectivity index (χ3v) is 3.59. The van der Waals surface area contributed by atoms with Crippen molar-refractivity contribution in [3.63, 3.8) is 0 Å². The van der Waals surface area contributed by atoms with Gasteiger partial charge in [0.1, 0.15) is 5.56 Å². The Kier molecular flexibility index (Phi) is 4.47. The predicted molar refractivity (Wildman–Crippen MR) is 79.4 cm³/mol. The number of hydrogen-bond donors (Lipinski definition) is 2. The van der Waals surface area contributed by atoms with Crippen molar-refractivity contribution < 1.29 is 4.79 Å². The molecule has 0 fully saturated rings. The summed E-state index contributed by atoms with van der Waals surface area (Å²) in [5.74, 6) is -0.439. The van der Waals surface area contributed by atoms with Crippen molar-refractivity contribution in [3.05, 3.63) is 68.1 Å². The minimum absolute atomic E-state index is 0.0689. The van der Waals surface area contributed by atoms with Crippen LogP contribution in [0.3, 0.4) is 0 Å². The van der Waals surface area contributed by atoms with Crippen LogP contribution in [0.2, 0.25) is 10.0 Å². The van der Waals surface area contributed by atoms with Gasteiger partial charge in [0.15, 0.2) is 0 Å². The highest BCUT2D eigenvalue weighted by Crippen LogP contribution is 2.25. The Morgan fingerprint density at radius 1 is 1.25 bits per heavy atom. The Bertz CT molecular complexity index is 698. The molecular formula is C14H12Cl2N2O2. The molecule has 1 heterocycles. The van der Waals surface area contributed by atoms with Crippen LogP contribution < -0.4 is 10.9 Å². The lowest BCUT2D eigenvalue weighted by molar-refractivity contribution is 0.0938. The number of pyridine rings is 1. The molecule has 2 aromatic rings. The largest absolute Gasteiger partial charge is 0.345 e. The highest BCUT2D eigenvalue weighted by atomic mass is 35.5. The van der Waals surface area contributed by atoms with Gasteiger partial charge in [-0.25, -0.2) is 0 Å². The van der Waals surface area contributed by atoms with E-state index in [1.54, 1.807) is 31.2 Å². The van der Waals surface area contributed by atoms with E-state index in [1.807, 2.05) is 0 Å². The van der Waals surface area contributed by atoms with Gasteiger partial charge in [0.25, 0.3) is 11.5 Å². The maximum absolute atomic E-state index is 12.0. The fourth-order valence-electron chi connectivity index (χ4n) is 1.74. The fraction of sp³-hybridized carbons (Fsp3) is 0.143. The Morgan fingerprint density at radius 2 is 2.00 bits per heavy atom. The number of amides is 1. The molecule has 0 saturated heterocycles. The summed E-state index contributed by atoms with van der Waals surface area (Å²) in [6.07, 6.45) is 1.47. The monoisotopic (exact) mass is 310 g/mol. The molecule has 20 heavy (non-hydrogen) atoms. The first-order valence-corrected chi connectivity index (χ1v) is 6.68. The Balaban J connectivity index is 2.17. The summed E-state index contributed by atoms with van der Waals surface area (Å²) in [6.45, 7) is 1.80. The van der Waals surface area contributed by atoms with E-state index in [0.717, 1.165) is 5.56 Å². The number of benzene rings is 1.